The molecule has 2 rings (SSSR count). The van der Waals surface area contributed by atoms with Crippen LogP contribution in [0.15, 0.2) is 18.2 Å². The summed E-state index contributed by atoms with van der Waals surface area (Å²) in [6.45, 7) is 6.39. The van der Waals surface area contributed by atoms with Crippen LogP contribution in [0.25, 0.3) is 0 Å². The molecule has 1 saturated heterocycles. The van der Waals surface area contributed by atoms with Gasteiger partial charge in [-0.3, -0.25) is 10.1 Å². The zero-order chi connectivity index (χ0) is 16.8. The van der Waals surface area contributed by atoms with Crippen molar-refractivity contribution in [2.24, 2.45) is 5.92 Å². The fourth-order valence-corrected chi connectivity index (χ4v) is 2.81. The third-order valence-electron chi connectivity index (χ3n) is 4.01. The number of aryl methyl sites for hydroxylation is 1. The highest BCUT2D eigenvalue weighted by Crippen LogP contribution is 2.23. The van der Waals surface area contributed by atoms with Crippen molar-refractivity contribution >= 4 is 17.4 Å². The number of ether oxygens (including phenoxy) is 1. The summed E-state index contributed by atoms with van der Waals surface area (Å²) in [6.07, 6.45) is 2.03. The molecular weight excluding hydrogens is 298 g/mol. The lowest BCUT2D eigenvalue weighted by molar-refractivity contribution is -0.385. The molecule has 0 unspecified atom stereocenters. The van der Waals surface area contributed by atoms with Gasteiger partial charge in [0, 0.05) is 42.9 Å². The normalized spacial score (nSPS) is 17.8. The van der Waals surface area contributed by atoms with E-state index in [9.17, 15) is 14.9 Å². The monoisotopic (exact) mass is 321 g/mol. The average Bonchev–Trinajstić information content (AvgIpc) is 2.53. The van der Waals surface area contributed by atoms with E-state index in [1.807, 2.05) is 6.92 Å². The van der Waals surface area contributed by atoms with Gasteiger partial charge in [-0.25, -0.2) is 4.79 Å². The maximum absolute atomic E-state index is 12.4. The van der Waals surface area contributed by atoms with Gasteiger partial charge in [0.1, 0.15) is 0 Å². The van der Waals surface area contributed by atoms with Crippen molar-refractivity contribution in [1.82, 2.24) is 4.90 Å². The second kappa shape index (κ2) is 7.92. The first-order valence-corrected chi connectivity index (χ1v) is 7.90. The number of urea groups is 1. The highest BCUT2D eigenvalue weighted by atomic mass is 16.6. The minimum atomic E-state index is -0.427. The minimum Gasteiger partial charge on any atom is -0.381 e. The Hall–Kier alpha value is -2.15. The summed E-state index contributed by atoms with van der Waals surface area (Å²) in [4.78, 5) is 24.5. The molecule has 1 atom stereocenters. The Kier molecular flexibility index (Phi) is 5.92. The number of benzene rings is 1. The van der Waals surface area contributed by atoms with Crippen LogP contribution in [0.5, 0.6) is 0 Å². The number of carbonyl (C=O) groups is 1. The summed E-state index contributed by atoms with van der Waals surface area (Å²) in [7, 11) is 0. The lowest BCUT2D eigenvalue weighted by Gasteiger charge is -2.32. The van der Waals surface area contributed by atoms with E-state index in [4.69, 9.17) is 4.74 Å². The number of nitro benzene ring substituents is 1. The predicted molar refractivity (Wildman–Crippen MR) is 87.6 cm³/mol. The number of nitrogens with zero attached hydrogens (tertiary/aromatic N) is 2. The van der Waals surface area contributed by atoms with Gasteiger partial charge in [0.2, 0.25) is 0 Å². The van der Waals surface area contributed by atoms with Crippen molar-refractivity contribution in [2.75, 3.05) is 31.6 Å². The number of hydrogen-bond acceptors (Lipinski definition) is 4. The van der Waals surface area contributed by atoms with Crippen LogP contribution in [-0.2, 0) is 4.74 Å². The smallest absolute Gasteiger partial charge is 0.321 e. The lowest BCUT2D eigenvalue weighted by atomic mass is 9.99. The third kappa shape index (κ3) is 4.66. The summed E-state index contributed by atoms with van der Waals surface area (Å²) in [5.74, 6) is 0.369. The molecule has 7 nitrogen and oxygen atoms in total. The first kappa shape index (κ1) is 17.2. The quantitative estimate of drug-likeness (QED) is 0.666. The largest absolute Gasteiger partial charge is 0.381 e. The van der Waals surface area contributed by atoms with Crippen LogP contribution in [0.4, 0.5) is 16.2 Å². The number of nitrogens with one attached hydrogen (secondary N) is 1. The number of piperidine rings is 1. The Morgan fingerprint density at radius 3 is 2.96 bits per heavy atom. The van der Waals surface area contributed by atoms with Gasteiger partial charge in [-0.2, -0.15) is 0 Å². The molecule has 0 radical (unpaired) electrons. The molecule has 2 amide bonds. The van der Waals surface area contributed by atoms with Crippen molar-refractivity contribution in [3.63, 3.8) is 0 Å². The summed E-state index contributed by atoms with van der Waals surface area (Å²) in [5, 5.41) is 13.6. The zero-order valence-corrected chi connectivity index (χ0v) is 13.6. The van der Waals surface area contributed by atoms with E-state index >= 15 is 0 Å². The van der Waals surface area contributed by atoms with Crippen LogP contribution in [0.3, 0.4) is 0 Å². The number of likely N-dealkylation sites (tertiary alicyclic amines) is 1. The van der Waals surface area contributed by atoms with Crippen LogP contribution in [-0.4, -0.2) is 42.2 Å². The Morgan fingerprint density at radius 2 is 2.30 bits per heavy atom. The number of carbonyl (C=O) groups excluding carboxylic acids is 1. The fraction of sp³-hybridized carbons (Fsp3) is 0.562. The zero-order valence-electron chi connectivity index (χ0n) is 13.6. The first-order valence-electron chi connectivity index (χ1n) is 7.90. The van der Waals surface area contributed by atoms with Gasteiger partial charge >= 0.3 is 6.03 Å². The van der Waals surface area contributed by atoms with Crippen LogP contribution in [0.1, 0.15) is 25.3 Å². The molecule has 126 valence electrons. The highest BCUT2D eigenvalue weighted by molar-refractivity contribution is 5.89. The summed E-state index contributed by atoms with van der Waals surface area (Å²) in [5.41, 5.74) is 1.16. The fourth-order valence-electron chi connectivity index (χ4n) is 2.81. The van der Waals surface area contributed by atoms with E-state index in [1.165, 1.54) is 6.07 Å². The van der Waals surface area contributed by atoms with E-state index in [-0.39, 0.29) is 11.7 Å². The van der Waals surface area contributed by atoms with Gasteiger partial charge in [-0.15, -0.1) is 0 Å². The molecule has 23 heavy (non-hydrogen) atoms. The maximum atomic E-state index is 12.4. The molecule has 1 aromatic rings. The van der Waals surface area contributed by atoms with Crippen LogP contribution < -0.4 is 5.32 Å². The van der Waals surface area contributed by atoms with Gasteiger partial charge in [0.15, 0.2) is 0 Å². The molecule has 1 heterocycles. The Bertz CT molecular complexity index is 576. The maximum Gasteiger partial charge on any atom is 0.321 e. The van der Waals surface area contributed by atoms with Gasteiger partial charge in [-0.05, 0) is 38.8 Å². The van der Waals surface area contributed by atoms with Crippen LogP contribution in [0, 0.1) is 23.0 Å². The Balaban J connectivity index is 1.96. The van der Waals surface area contributed by atoms with E-state index in [0.717, 1.165) is 19.4 Å². The molecule has 0 bridgehead atoms. The molecule has 0 aromatic heterocycles. The van der Waals surface area contributed by atoms with E-state index in [1.54, 1.807) is 24.0 Å². The lowest BCUT2D eigenvalue weighted by Crippen LogP contribution is -2.43. The molecule has 1 aliphatic rings. The molecule has 0 saturated carbocycles. The van der Waals surface area contributed by atoms with Gasteiger partial charge < -0.3 is 15.0 Å². The van der Waals surface area contributed by atoms with Gasteiger partial charge in [0.25, 0.3) is 5.69 Å². The van der Waals surface area contributed by atoms with Gasteiger partial charge in [-0.1, -0.05) is 0 Å². The van der Waals surface area contributed by atoms with Crippen molar-refractivity contribution < 1.29 is 14.5 Å². The molecule has 0 spiro atoms. The Labute approximate surface area is 135 Å². The predicted octanol–water partition coefficient (Wildman–Crippen LogP) is 3.18. The van der Waals surface area contributed by atoms with Crippen molar-refractivity contribution in [2.45, 2.75) is 26.7 Å². The van der Waals surface area contributed by atoms with E-state index in [2.05, 4.69) is 5.32 Å². The molecule has 1 N–H and O–H groups in total. The number of anilines is 1. The van der Waals surface area contributed by atoms with Crippen molar-refractivity contribution in [3.8, 4) is 0 Å². The van der Waals surface area contributed by atoms with Crippen molar-refractivity contribution in [3.05, 3.63) is 33.9 Å². The molecule has 1 fully saturated rings. The van der Waals surface area contributed by atoms with E-state index in [0.29, 0.717) is 36.9 Å². The average molecular weight is 321 g/mol. The number of amides is 2. The Morgan fingerprint density at radius 1 is 1.52 bits per heavy atom. The van der Waals surface area contributed by atoms with Crippen LogP contribution in [0.2, 0.25) is 0 Å². The molecule has 1 aliphatic heterocycles. The SMILES string of the molecule is CCOC[C@H]1CCCN(C(=O)Nc2ccc([N+](=O)[O-])c(C)c2)C1. The second-order valence-electron chi connectivity index (χ2n) is 5.80. The summed E-state index contributed by atoms with van der Waals surface area (Å²) in [6, 6.07) is 4.43. The third-order valence-corrected chi connectivity index (χ3v) is 4.01. The summed E-state index contributed by atoms with van der Waals surface area (Å²) < 4.78 is 5.45. The molecule has 1 aromatic carbocycles. The minimum absolute atomic E-state index is 0.0535. The number of nitro groups is 1. The summed E-state index contributed by atoms with van der Waals surface area (Å²) >= 11 is 0. The van der Waals surface area contributed by atoms with Crippen molar-refractivity contribution in [1.29, 1.82) is 0 Å². The first-order chi connectivity index (χ1) is 11.0. The number of rotatable bonds is 5. The highest BCUT2D eigenvalue weighted by Gasteiger charge is 2.24. The molecular formula is C16H23N3O4. The van der Waals surface area contributed by atoms with E-state index < -0.39 is 4.92 Å². The number of hydrogen-bond donors (Lipinski definition) is 1. The second-order valence-corrected chi connectivity index (χ2v) is 5.80. The molecule has 7 heteroatoms. The standard InChI is InChI=1S/C16H23N3O4/c1-3-23-11-13-5-4-8-18(10-13)16(20)17-14-6-7-15(19(21)22)12(2)9-14/h6-7,9,13H,3-5,8,10-11H2,1-2H3,(H,17,20)/t13-/m0/s1. The van der Waals surface area contributed by atoms with Crippen LogP contribution >= 0.6 is 0 Å². The molecule has 0 aliphatic carbocycles. The topological polar surface area (TPSA) is 84.7 Å². The van der Waals surface area contributed by atoms with Gasteiger partial charge in [0.05, 0.1) is 11.5 Å².